The fourth-order valence-corrected chi connectivity index (χ4v) is 3.69. The highest BCUT2D eigenvalue weighted by Crippen LogP contribution is 2.30. The van der Waals surface area contributed by atoms with Crippen molar-refractivity contribution in [3.05, 3.63) is 54.1 Å². The molecule has 0 spiro atoms. The van der Waals surface area contributed by atoms with Crippen LogP contribution in [0.2, 0.25) is 0 Å². The summed E-state index contributed by atoms with van der Waals surface area (Å²) >= 11 is 0. The first-order valence-electron chi connectivity index (χ1n) is 9.28. The highest BCUT2D eigenvalue weighted by molar-refractivity contribution is 5.88. The van der Waals surface area contributed by atoms with Gasteiger partial charge < -0.3 is 19.3 Å². The maximum Gasteiger partial charge on any atom is 0.145 e. The molecule has 2 heterocycles. The summed E-state index contributed by atoms with van der Waals surface area (Å²) in [5.41, 5.74) is 3.40. The number of hydrogen-bond acceptors (Lipinski definition) is 5. The Bertz CT molecular complexity index is 932. The standard InChI is InChI=1S/C22H25N3O2/c1-16-15-21(23-22-19(16)5-4-6-20(22)27-3)25-13-11-24(12-14-25)17-7-9-18(26-2)10-8-17/h4-10,15H,11-14H2,1-3H3. The van der Waals surface area contributed by atoms with E-state index in [1.807, 2.05) is 24.3 Å². The summed E-state index contributed by atoms with van der Waals surface area (Å²) in [7, 11) is 3.40. The van der Waals surface area contributed by atoms with Gasteiger partial charge in [0.1, 0.15) is 22.8 Å². The first-order valence-corrected chi connectivity index (χ1v) is 9.28. The van der Waals surface area contributed by atoms with E-state index >= 15 is 0 Å². The van der Waals surface area contributed by atoms with Crippen molar-refractivity contribution in [3.8, 4) is 11.5 Å². The number of ether oxygens (including phenoxy) is 2. The Morgan fingerprint density at radius 2 is 1.56 bits per heavy atom. The Hall–Kier alpha value is -2.95. The van der Waals surface area contributed by atoms with Crippen molar-refractivity contribution in [2.24, 2.45) is 0 Å². The van der Waals surface area contributed by atoms with Gasteiger partial charge >= 0.3 is 0 Å². The summed E-state index contributed by atoms with van der Waals surface area (Å²) in [6.07, 6.45) is 0. The van der Waals surface area contributed by atoms with Crippen molar-refractivity contribution < 1.29 is 9.47 Å². The van der Waals surface area contributed by atoms with E-state index in [1.54, 1.807) is 14.2 Å². The van der Waals surface area contributed by atoms with Gasteiger partial charge in [-0.25, -0.2) is 4.98 Å². The number of piperazine rings is 1. The average Bonchev–Trinajstić information content (AvgIpc) is 2.73. The molecule has 1 fully saturated rings. The Kier molecular flexibility index (Phi) is 4.75. The monoisotopic (exact) mass is 363 g/mol. The van der Waals surface area contributed by atoms with E-state index < -0.39 is 0 Å². The summed E-state index contributed by atoms with van der Waals surface area (Å²) in [6.45, 7) is 5.97. The molecule has 27 heavy (non-hydrogen) atoms. The highest BCUT2D eigenvalue weighted by atomic mass is 16.5. The van der Waals surface area contributed by atoms with Gasteiger partial charge in [0.2, 0.25) is 0 Å². The molecular formula is C22H25N3O2. The van der Waals surface area contributed by atoms with Crippen molar-refractivity contribution in [2.75, 3.05) is 50.2 Å². The molecule has 0 unspecified atom stereocenters. The average molecular weight is 363 g/mol. The maximum atomic E-state index is 5.52. The van der Waals surface area contributed by atoms with Gasteiger partial charge in [0.05, 0.1) is 14.2 Å². The maximum absolute atomic E-state index is 5.52. The van der Waals surface area contributed by atoms with E-state index in [0.29, 0.717) is 0 Å². The smallest absolute Gasteiger partial charge is 0.145 e. The van der Waals surface area contributed by atoms with Crippen LogP contribution in [-0.2, 0) is 0 Å². The van der Waals surface area contributed by atoms with Crippen molar-refractivity contribution in [1.82, 2.24) is 4.98 Å². The highest BCUT2D eigenvalue weighted by Gasteiger charge is 2.20. The Morgan fingerprint density at radius 1 is 0.852 bits per heavy atom. The van der Waals surface area contributed by atoms with Gasteiger partial charge in [-0.15, -0.1) is 0 Å². The van der Waals surface area contributed by atoms with E-state index in [2.05, 4.69) is 41.0 Å². The molecular weight excluding hydrogens is 338 g/mol. The quantitative estimate of drug-likeness (QED) is 0.703. The fourth-order valence-electron chi connectivity index (χ4n) is 3.69. The van der Waals surface area contributed by atoms with E-state index in [1.165, 1.54) is 11.3 Å². The topological polar surface area (TPSA) is 37.8 Å². The molecule has 1 aliphatic rings. The van der Waals surface area contributed by atoms with Crippen LogP contribution in [0, 0.1) is 6.92 Å². The number of pyridine rings is 1. The number of anilines is 2. The summed E-state index contributed by atoms with van der Waals surface area (Å²) in [5.74, 6) is 2.75. The molecule has 0 amide bonds. The molecule has 1 aliphatic heterocycles. The molecule has 0 radical (unpaired) electrons. The molecule has 1 saturated heterocycles. The fraction of sp³-hybridized carbons (Fsp3) is 0.318. The van der Waals surface area contributed by atoms with Crippen LogP contribution in [0.15, 0.2) is 48.5 Å². The molecule has 5 nitrogen and oxygen atoms in total. The zero-order chi connectivity index (χ0) is 18.8. The number of nitrogens with zero attached hydrogens (tertiary/aromatic N) is 3. The number of benzene rings is 2. The third-order valence-corrected chi connectivity index (χ3v) is 5.26. The molecule has 0 N–H and O–H groups in total. The summed E-state index contributed by atoms with van der Waals surface area (Å²) < 4.78 is 10.8. The number of methoxy groups -OCH3 is 2. The summed E-state index contributed by atoms with van der Waals surface area (Å²) in [5, 5.41) is 1.15. The zero-order valence-corrected chi connectivity index (χ0v) is 16.1. The second kappa shape index (κ2) is 7.35. The lowest BCUT2D eigenvalue weighted by Gasteiger charge is -2.37. The lowest BCUT2D eigenvalue weighted by atomic mass is 10.1. The molecule has 3 aromatic rings. The summed E-state index contributed by atoms with van der Waals surface area (Å²) in [4.78, 5) is 9.68. The van der Waals surface area contributed by atoms with Crippen LogP contribution in [0.4, 0.5) is 11.5 Å². The molecule has 0 atom stereocenters. The summed E-state index contributed by atoms with van der Waals surface area (Å²) in [6, 6.07) is 16.6. The third kappa shape index (κ3) is 3.37. The van der Waals surface area contributed by atoms with Gasteiger partial charge in [-0.2, -0.15) is 0 Å². The predicted octanol–water partition coefficient (Wildman–Crippen LogP) is 3.89. The van der Waals surface area contributed by atoms with Crippen LogP contribution in [-0.4, -0.2) is 45.4 Å². The van der Waals surface area contributed by atoms with Gasteiger partial charge in [-0.1, -0.05) is 12.1 Å². The van der Waals surface area contributed by atoms with Crippen LogP contribution < -0.4 is 19.3 Å². The molecule has 2 aromatic carbocycles. The molecule has 140 valence electrons. The molecule has 0 bridgehead atoms. The predicted molar refractivity (Wildman–Crippen MR) is 110 cm³/mol. The SMILES string of the molecule is COc1ccc(N2CCN(c3cc(C)c4cccc(OC)c4n3)CC2)cc1. The van der Waals surface area contributed by atoms with Crippen LogP contribution in [0.5, 0.6) is 11.5 Å². The minimum atomic E-state index is 0.828. The van der Waals surface area contributed by atoms with Gasteiger partial charge in [-0.3, -0.25) is 0 Å². The Balaban J connectivity index is 1.54. The van der Waals surface area contributed by atoms with Crippen molar-refractivity contribution >= 4 is 22.4 Å². The lowest BCUT2D eigenvalue weighted by molar-refractivity contribution is 0.415. The van der Waals surface area contributed by atoms with Crippen LogP contribution in [0.3, 0.4) is 0 Å². The van der Waals surface area contributed by atoms with Crippen molar-refractivity contribution in [2.45, 2.75) is 6.92 Å². The Morgan fingerprint density at radius 3 is 2.22 bits per heavy atom. The van der Waals surface area contributed by atoms with Gasteiger partial charge in [-0.05, 0) is 48.9 Å². The number of hydrogen-bond donors (Lipinski definition) is 0. The van der Waals surface area contributed by atoms with Crippen LogP contribution in [0.25, 0.3) is 10.9 Å². The molecule has 4 rings (SSSR count). The number of aromatic nitrogens is 1. The second-order valence-corrected chi connectivity index (χ2v) is 6.83. The minimum Gasteiger partial charge on any atom is -0.497 e. The molecule has 0 aliphatic carbocycles. The first-order chi connectivity index (χ1) is 13.2. The normalized spacial score (nSPS) is 14.5. The molecule has 1 aromatic heterocycles. The number of fused-ring (bicyclic) bond motifs is 1. The van der Waals surface area contributed by atoms with Gasteiger partial charge in [0.25, 0.3) is 0 Å². The van der Waals surface area contributed by atoms with Crippen molar-refractivity contribution in [3.63, 3.8) is 0 Å². The lowest BCUT2D eigenvalue weighted by Crippen LogP contribution is -2.46. The van der Waals surface area contributed by atoms with E-state index in [0.717, 1.165) is 54.4 Å². The second-order valence-electron chi connectivity index (χ2n) is 6.83. The third-order valence-electron chi connectivity index (χ3n) is 5.26. The minimum absolute atomic E-state index is 0.828. The number of aryl methyl sites for hydroxylation is 1. The first kappa shape index (κ1) is 17.5. The molecule has 0 saturated carbocycles. The van der Waals surface area contributed by atoms with E-state index in [-0.39, 0.29) is 0 Å². The van der Waals surface area contributed by atoms with E-state index in [9.17, 15) is 0 Å². The van der Waals surface area contributed by atoms with E-state index in [4.69, 9.17) is 14.5 Å². The van der Waals surface area contributed by atoms with Crippen LogP contribution >= 0.6 is 0 Å². The van der Waals surface area contributed by atoms with Gasteiger partial charge in [0, 0.05) is 37.3 Å². The number of para-hydroxylation sites is 1. The number of rotatable bonds is 4. The Labute approximate surface area is 160 Å². The molecule has 5 heteroatoms. The largest absolute Gasteiger partial charge is 0.497 e. The zero-order valence-electron chi connectivity index (χ0n) is 16.1. The van der Waals surface area contributed by atoms with Gasteiger partial charge in [0.15, 0.2) is 0 Å². The van der Waals surface area contributed by atoms with Crippen molar-refractivity contribution in [1.29, 1.82) is 0 Å². The van der Waals surface area contributed by atoms with Crippen LogP contribution in [0.1, 0.15) is 5.56 Å².